The number of hydrogen-bond donors (Lipinski definition) is 0. The molecule has 4 aliphatic rings. The van der Waals surface area contributed by atoms with Crippen molar-refractivity contribution in [2.75, 3.05) is 0 Å². The molecule has 3 aliphatic carbocycles. The second-order valence-electron chi connectivity index (χ2n) is 7.56. The Hall–Kier alpha value is -0.700. The molecule has 5 unspecified atom stereocenters. The van der Waals surface area contributed by atoms with Crippen molar-refractivity contribution < 1.29 is 28.8 Å². The summed E-state index contributed by atoms with van der Waals surface area (Å²) in [6.45, 7) is 0. The van der Waals surface area contributed by atoms with E-state index in [1.54, 1.807) is 12.2 Å². The first kappa shape index (κ1) is 23.5. The highest BCUT2D eigenvalue weighted by atomic mass is 35.5. The van der Waals surface area contributed by atoms with E-state index < -0.39 is 62.2 Å². The minimum absolute atomic E-state index is 0.00893. The Kier molecular flexibility index (Phi) is 5.81. The van der Waals surface area contributed by atoms with Gasteiger partial charge in [0.15, 0.2) is 4.33 Å². The van der Waals surface area contributed by atoms with Crippen LogP contribution in [0.4, 0.5) is 0 Å². The number of halogens is 6. The van der Waals surface area contributed by atoms with E-state index in [0.717, 1.165) is 0 Å². The molecule has 0 N–H and O–H groups in total. The van der Waals surface area contributed by atoms with Crippen molar-refractivity contribution in [3.05, 3.63) is 22.2 Å². The monoisotopic (exact) mass is 549 g/mol. The summed E-state index contributed by atoms with van der Waals surface area (Å²) in [6, 6.07) is 0. The minimum Gasteiger partial charge on any atom is -0.458 e. The summed E-state index contributed by atoms with van der Waals surface area (Å²) < 4.78 is 3.70. The fourth-order valence-corrected chi connectivity index (χ4v) is 7.44. The predicted octanol–water partition coefficient (Wildman–Crippen LogP) is 3.93. The average Bonchev–Trinajstić information content (AvgIpc) is 3.33. The summed E-state index contributed by atoms with van der Waals surface area (Å²) in [4.78, 5) is 48.8. The molecule has 2 fully saturated rings. The molecule has 0 radical (unpaired) electrons. The third-order valence-corrected chi connectivity index (χ3v) is 10.2. The molecule has 7 nitrogen and oxygen atoms in total. The largest absolute Gasteiger partial charge is 0.458 e. The van der Waals surface area contributed by atoms with Gasteiger partial charge >= 0.3 is 11.9 Å². The van der Waals surface area contributed by atoms with E-state index in [1.807, 2.05) is 0 Å². The van der Waals surface area contributed by atoms with Crippen molar-refractivity contribution in [3.63, 3.8) is 0 Å². The van der Waals surface area contributed by atoms with E-state index in [2.05, 4.69) is 0 Å². The number of esters is 1. The first-order valence-electron chi connectivity index (χ1n) is 9.13. The molecule has 2 bridgehead atoms. The number of fused-ring (bicyclic) bond motifs is 5. The summed E-state index contributed by atoms with van der Waals surface area (Å²) in [5.74, 6) is -4.14. The Morgan fingerprint density at radius 2 is 1.48 bits per heavy atom. The van der Waals surface area contributed by atoms with E-state index in [-0.39, 0.29) is 29.3 Å². The smallest absolute Gasteiger partial charge is 0.333 e. The zero-order valence-electron chi connectivity index (χ0n) is 15.4. The van der Waals surface area contributed by atoms with Gasteiger partial charge in [0.2, 0.25) is 0 Å². The molecule has 168 valence electrons. The second-order valence-corrected chi connectivity index (χ2v) is 10.8. The van der Waals surface area contributed by atoms with Gasteiger partial charge in [0.25, 0.3) is 11.8 Å². The Morgan fingerprint density at radius 1 is 0.935 bits per heavy atom. The molecule has 2 amide bonds. The number of ether oxygens (including phenoxy) is 1. The molecule has 31 heavy (non-hydrogen) atoms. The number of nitrogens with zero attached hydrogens (tertiary/aromatic N) is 1. The number of amides is 2. The number of hydrogen-bond acceptors (Lipinski definition) is 6. The van der Waals surface area contributed by atoms with Crippen molar-refractivity contribution >= 4 is 93.4 Å². The fraction of sp³-hybridized carbons (Fsp3) is 0.556. The molecule has 0 aromatic heterocycles. The van der Waals surface area contributed by atoms with Crippen LogP contribution in [0.2, 0.25) is 0 Å². The quantitative estimate of drug-likeness (QED) is 0.223. The Morgan fingerprint density at radius 3 is 2.10 bits per heavy atom. The Labute approximate surface area is 206 Å². The van der Waals surface area contributed by atoms with Crippen molar-refractivity contribution in [3.8, 4) is 0 Å². The second kappa shape index (κ2) is 7.67. The molecule has 1 saturated carbocycles. The summed E-state index contributed by atoms with van der Waals surface area (Å²) in [5, 5.41) is 0.441. The van der Waals surface area contributed by atoms with E-state index in [0.29, 0.717) is 5.06 Å². The lowest BCUT2D eigenvalue weighted by Gasteiger charge is -2.35. The lowest BCUT2D eigenvalue weighted by atomic mass is 9.83. The van der Waals surface area contributed by atoms with Gasteiger partial charge in [-0.1, -0.05) is 52.5 Å². The van der Waals surface area contributed by atoms with Crippen LogP contribution in [0.25, 0.3) is 0 Å². The van der Waals surface area contributed by atoms with Crippen LogP contribution in [0.5, 0.6) is 0 Å². The molecular formula is C18H13Cl6NO6. The fourth-order valence-electron chi connectivity index (χ4n) is 4.43. The highest BCUT2D eigenvalue weighted by Gasteiger charge is 2.83. The third kappa shape index (κ3) is 3.07. The Bertz CT molecular complexity index is 949. The number of carbonyl (C=O) groups is 4. The molecule has 0 spiro atoms. The maximum atomic E-state index is 12.3. The summed E-state index contributed by atoms with van der Waals surface area (Å²) >= 11 is 39.1. The SMILES string of the molecule is O=C(CCC(=O)ON1C(=O)CCC1=O)OC1C=CC2C1C1(Cl)C(Cl)=C(Cl)C2(Cl)C1(Cl)Cl. The van der Waals surface area contributed by atoms with E-state index >= 15 is 0 Å². The number of allylic oxidation sites excluding steroid dienone is 3. The van der Waals surface area contributed by atoms with Gasteiger partial charge in [-0.25, -0.2) is 4.79 Å². The lowest BCUT2D eigenvalue weighted by molar-refractivity contribution is -0.197. The molecule has 1 aliphatic heterocycles. The van der Waals surface area contributed by atoms with E-state index in [9.17, 15) is 19.2 Å². The van der Waals surface area contributed by atoms with Gasteiger partial charge in [0.05, 0.1) is 22.9 Å². The van der Waals surface area contributed by atoms with Crippen molar-refractivity contribution in [1.82, 2.24) is 5.06 Å². The summed E-state index contributed by atoms with van der Waals surface area (Å²) in [6.07, 6.45) is 1.55. The van der Waals surface area contributed by atoms with Gasteiger partial charge < -0.3 is 9.57 Å². The van der Waals surface area contributed by atoms with E-state index in [4.69, 9.17) is 79.2 Å². The first-order valence-corrected chi connectivity index (χ1v) is 11.4. The molecule has 1 saturated heterocycles. The van der Waals surface area contributed by atoms with Gasteiger partial charge in [0.1, 0.15) is 15.9 Å². The number of imide groups is 1. The highest BCUT2D eigenvalue weighted by Crippen LogP contribution is 2.78. The maximum absolute atomic E-state index is 12.3. The highest BCUT2D eigenvalue weighted by molar-refractivity contribution is 6.65. The Balaban J connectivity index is 1.40. The van der Waals surface area contributed by atoms with Crippen molar-refractivity contribution in [2.24, 2.45) is 11.8 Å². The van der Waals surface area contributed by atoms with Crippen molar-refractivity contribution in [2.45, 2.75) is 45.9 Å². The van der Waals surface area contributed by atoms with Crippen LogP contribution in [0, 0.1) is 11.8 Å². The van der Waals surface area contributed by atoms with Gasteiger partial charge in [-0.3, -0.25) is 14.4 Å². The van der Waals surface area contributed by atoms with Crippen LogP contribution in [-0.2, 0) is 28.8 Å². The number of carbonyl (C=O) groups excluding carboxylic acids is 4. The molecular weight excluding hydrogens is 539 g/mol. The average molecular weight is 552 g/mol. The lowest BCUT2D eigenvalue weighted by Crippen LogP contribution is -2.47. The predicted molar refractivity (Wildman–Crippen MR) is 113 cm³/mol. The molecule has 5 atom stereocenters. The van der Waals surface area contributed by atoms with Gasteiger partial charge in [0, 0.05) is 24.7 Å². The minimum atomic E-state index is -1.76. The van der Waals surface area contributed by atoms with Crippen LogP contribution in [0.3, 0.4) is 0 Å². The zero-order valence-corrected chi connectivity index (χ0v) is 19.9. The number of hydroxylamine groups is 2. The first-order chi connectivity index (χ1) is 14.4. The van der Waals surface area contributed by atoms with Crippen LogP contribution < -0.4 is 0 Å². The number of alkyl halides is 4. The maximum Gasteiger partial charge on any atom is 0.333 e. The van der Waals surface area contributed by atoms with Gasteiger partial charge in [-0.2, -0.15) is 0 Å². The van der Waals surface area contributed by atoms with Gasteiger partial charge in [-0.05, 0) is 6.08 Å². The van der Waals surface area contributed by atoms with Crippen LogP contribution in [0.15, 0.2) is 22.2 Å². The molecule has 0 aromatic carbocycles. The molecule has 4 rings (SSSR count). The summed E-state index contributed by atoms with van der Waals surface area (Å²) in [5.41, 5.74) is 0. The van der Waals surface area contributed by atoms with Crippen LogP contribution >= 0.6 is 69.6 Å². The standard InChI is InChI=1S/C18H13Cl6NO6/c19-14-15(20)17(22)13-7(16(14,21)18(17,23)24)1-2-8(13)30-11(28)5-6-12(29)31-25-9(26)3-4-10(25)27/h1-2,7-8,13H,3-6H2. The third-order valence-electron chi connectivity index (χ3n) is 5.91. The molecule has 1 heterocycles. The van der Waals surface area contributed by atoms with Gasteiger partial charge in [-0.15, -0.1) is 28.3 Å². The normalized spacial score (nSPS) is 37.6. The van der Waals surface area contributed by atoms with E-state index in [1.165, 1.54) is 0 Å². The molecule has 0 aromatic rings. The molecule has 13 heteroatoms. The number of rotatable bonds is 5. The van der Waals surface area contributed by atoms with Crippen LogP contribution in [-0.4, -0.2) is 49.0 Å². The van der Waals surface area contributed by atoms with Crippen LogP contribution in [0.1, 0.15) is 25.7 Å². The summed E-state index contributed by atoms with van der Waals surface area (Å²) in [7, 11) is 0. The topological polar surface area (TPSA) is 90.0 Å². The van der Waals surface area contributed by atoms with Crippen molar-refractivity contribution in [1.29, 1.82) is 0 Å². The zero-order chi connectivity index (χ0) is 22.9.